The fourth-order valence-corrected chi connectivity index (χ4v) is 4.90. The fraction of sp³-hybridized carbons (Fsp3) is 0.385. The third-order valence-electron chi connectivity index (χ3n) is 5.77. The van der Waals surface area contributed by atoms with Crippen molar-refractivity contribution >= 4 is 21.4 Å². The molecular formula is C26H30N3OS. The highest BCUT2D eigenvalue weighted by molar-refractivity contribution is 7.17. The largest absolute Gasteiger partial charge is 0.334 e. The second kappa shape index (κ2) is 10.7. The van der Waals surface area contributed by atoms with Crippen molar-refractivity contribution in [1.29, 1.82) is 0 Å². The molecule has 0 aliphatic heterocycles. The minimum Gasteiger partial charge on any atom is -0.334 e. The van der Waals surface area contributed by atoms with Crippen molar-refractivity contribution in [2.45, 2.75) is 64.3 Å². The number of nitrogens with one attached hydrogen (secondary N) is 1. The molecular weight excluding hydrogens is 402 g/mol. The van der Waals surface area contributed by atoms with Crippen LogP contribution in [-0.4, -0.2) is 10.1 Å². The second-order valence-electron chi connectivity index (χ2n) is 8.17. The summed E-state index contributed by atoms with van der Waals surface area (Å²) in [5.41, 5.74) is 11.8. The van der Waals surface area contributed by atoms with Gasteiger partial charge in [-0.25, -0.2) is 5.73 Å². The summed E-state index contributed by atoms with van der Waals surface area (Å²) >= 11 is 1.75. The van der Waals surface area contributed by atoms with E-state index in [2.05, 4.69) is 46.7 Å². The molecule has 2 aromatic heterocycles. The van der Waals surface area contributed by atoms with Gasteiger partial charge in [-0.15, -0.1) is 11.3 Å². The van der Waals surface area contributed by atoms with Gasteiger partial charge in [-0.3, -0.25) is 0 Å². The zero-order chi connectivity index (χ0) is 21.5. The standard InChI is InChI=1S/C26H30N3OS/c1-2-3-4-5-6-7-12-25-28-26(30-29-25)20-15-13-19(14-16-20)23(27)17-21-18-31-24-11-9-8-10-22(21)24/h8-11,13-16,18,23,27H,2-7,12,17H2,1H3. The van der Waals surface area contributed by atoms with E-state index in [1.165, 1.54) is 47.8 Å². The lowest BCUT2D eigenvalue weighted by Crippen LogP contribution is -2.03. The molecule has 5 heteroatoms. The van der Waals surface area contributed by atoms with Gasteiger partial charge in [-0.1, -0.05) is 74.5 Å². The number of hydrogen-bond donors (Lipinski definition) is 0. The number of aryl methyl sites for hydroxylation is 1. The number of unbranched alkanes of at least 4 members (excludes halogenated alkanes) is 5. The molecule has 0 bridgehead atoms. The predicted molar refractivity (Wildman–Crippen MR) is 128 cm³/mol. The number of hydrogen-bond acceptors (Lipinski definition) is 4. The summed E-state index contributed by atoms with van der Waals surface area (Å²) in [6, 6.07) is 16.1. The number of benzene rings is 2. The van der Waals surface area contributed by atoms with Crippen LogP contribution in [0.5, 0.6) is 0 Å². The van der Waals surface area contributed by atoms with Crippen LogP contribution in [0.4, 0.5) is 0 Å². The average molecular weight is 433 g/mol. The van der Waals surface area contributed by atoms with Crippen molar-refractivity contribution in [3.63, 3.8) is 0 Å². The van der Waals surface area contributed by atoms with Gasteiger partial charge >= 0.3 is 0 Å². The van der Waals surface area contributed by atoms with Crippen molar-refractivity contribution in [3.05, 3.63) is 70.9 Å². The van der Waals surface area contributed by atoms with E-state index in [1.54, 1.807) is 11.3 Å². The van der Waals surface area contributed by atoms with Gasteiger partial charge in [0.15, 0.2) is 5.82 Å². The van der Waals surface area contributed by atoms with Crippen LogP contribution in [0.2, 0.25) is 0 Å². The second-order valence-corrected chi connectivity index (χ2v) is 9.08. The molecule has 0 amide bonds. The Bertz CT molecular complexity index is 1080. The molecule has 2 heterocycles. The summed E-state index contributed by atoms with van der Waals surface area (Å²) in [5.74, 6) is 1.36. The maximum Gasteiger partial charge on any atom is 0.257 e. The zero-order valence-electron chi connectivity index (χ0n) is 18.1. The van der Waals surface area contributed by atoms with Crippen molar-refractivity contribution in [1.82, 2.24) is 15.9 Å². The van der Waals surface area contributed by atoms with Gasteiger partial charge in [-0.2, -0.15) is 4.98 Å². The minimum atomic E-state index is -0.294. The predicted octanol–water partition coefficient (Wildman–Crippen LogP) is 7.42. The maximum atomic E-state index is 8.63. The van der Waals surface area contributed by atoms with E-state index >= 15 is 0 Å². The topological polar surface area (TPSA) is 62.7 Å². The molecule has 0 aliphatic carbocycles. The molecule has 31 heavy (non-hydrogen) atoms. The summed E-state index contributed by atoms with van der Waals surface area (Å²) in [6.45, 7) is 2.24. The van der Waals surface area contributed by atoms with Crippen molar-refractivity contribution in [2.75, 3.05) is 0 Å². The molecule has 4 rings (SSSR count). The molecule has 4 nitrogen and oxygen atoms in total. The molecule has 0 saturated carbocycles. The van der Waals surface area contributed by atoms with Crippen LogP contribution in [0.1, 0.15) is 68.4 Å². The van der Waals surface area contributed by atoms with Crippen molar-refractivity contribution in [3.8, 4) is 11.5 Å². The Labute approximate surface area is 188 Å². The van der Waals surface area contributed by atoms with E-state index in [4.69, 9.17) is 10.3 Å². The van der Waals surface area contributed by atoms with Gasteiger partial charge < -0.3 is 4.52 Å². The molecule has 2 aromatic carbocycles. The Morgan fingerprint density at radius 1 is 0.968 bits per heavy atom. The van der Waals surface area contributed by atoms with Gasteiger partial charge in [0.05, 0.1) is 6.04 Å². The number of rotatable bonds is 11. The van der Waals surface area contributed by atoms with Crippen LogP contribution in [0.15, 0.2) is 58.4 Å². The highest BCUT2D eigenvalue weighted by Crippen LogP contribution is 2.30. The van der Waals surface area contributed by atoms with Crippen molar-refractivity contribution in [2.24, 2.45) is 0 Å². The Morgan fingerprint density at radius 2 is 1.74 bits per heavy atom. The van der Waals surface area contributed by atoms with Gasteiger partial charge in [0, 0.05) is 16.7 Å². The molecule has 1 radical (unpaired) electrons. The van der Waals surface area contributed by atoms with Gasteiger partial charge in [-0.05, 0) is 52.9 Å². The summed E-state index contributed by atoms with van der Waals surface area (Å²) in [6.07, 6.45) is 9.13. The van der Waals surface area contributed by atoms with Crippen LogP contribution >= 0.6 is 11.3 Å². The first-order chi connectivity index (χ1) is 15.2. The fourth-order valence-electron chi connectivity index (χ4n) is 3.92. The summed E-state index contributed by atoms with van der Waals surface area (Å²) in [7, 11) is 0. The molecule has 0 spiro atoms. The monoisotopic (exact) mass is 432 g/mol. The first kappa shape index (κ1) is 21.7. The van der Waals surface area contributed by atoms with E-state index in [1.807, 2.05) is 24.3 Å². The van der Waals surface area contributed by atoms with Crippen LogP contribution in [-0.2, 0) is 12.8 Å². The maximum absolute atomic E-state index is 8.63. The van der Waals surface area contributed by atoms with E-state index in [-0.39, 0.29) is 6.04 Å². The lowest BCUT2D eigenvalue weighted by Gasteiger charge is -2.11. The SMILES string of the molecule is CCCCCCCCc1noc(-c2ccc(C([NH])Cc3csc4ccccc34)cc2)n1. The zero-order valence-corrected chi connectivity index (χ0v) is 19.0. The lowest BCUT2D eigenvalue weighted by molar-refractivity contribution is 0.421. The highest BCUT2D eigenvalue weighted by atomic mass is 32.1. The molecule has 1 unspecified atom stereocenters. The van der Waals surface area contributed by atoms with Crippen LogP contribution in [0, 0.1) is 0 Å². The Kier molecular flexibility index (Phi) is 7.49. The number of fused-ring (bicyclic) bond motifs is 1. The normalized spacial score (nSPS) is 12.5. The van der Waals surface area contributed by atoms with E-state index in [0.717, 1.165) is 29.8 Å². The van der Waals surface area contributed by atoms with Gasteiger partial charge in [0.25, 0.3) is 5.89 Å². The molecule has 1 atom stereocenters. The molecule has 0 fully saturated rings. The number of aromatic nitrogens is 2. The van der Waals surface area contributed by atoms with E-state index in [0.29, 0.717) is 12.3 Å². The first-order valence-corrected chi connectivity index (χ1v) is 12.2. The third-order valence-corrected chi connectivity index (χ3v) is 6.78. The molecule has 161 valence electrons. The third kappa shape index (κ3) is 5.60. The van der Waals surface area contributed by atoms with Crippen molar-refractivity contribution < 1.29 is 4.52 Å². The van der Waals surface area contributed by atoms with Crippen LogP contribution in [0.25, 0.3) is 21.5 Å². The molecule has 1 N–H and O–H groups in total. The Hall–Kier alpha value is -2.50. The summed E-state index contributed by atoms with van der Waals surface area (Å²) < 4.78 is 6.76. The van der Waals surface area contributed by atoms with Gasteiger partial charge in [0.1, 0.15) is 0 Å². The highest BCUT2D eigenvalue weighted by Gasteiger charge is 2.13. The Balaban J connectivity index is 1.33. The number of nitrogens with zero attached hydrogens (tertiary/aromatic N) is 2. The summed E-state index contributed by atoms with van der Waals surface area (Å²) in [5, 5.41) is 7.59. The minimum absolute atomic E-state index is 0.294. The summed E-state index contributed by atoms with van der Waals surface area (Å²) in [4.78, 5) is 4.56. The average Bonchev–Trinajstić information content (AvgIpc) is 3.44. The molecule has 4 aromatic rings. The van der Waals surface area contributed by atoms with Crippen LogP contribution in [0.3, 0.4) is 0 Å². The van der Waals surface area contributed by atoms with Gasteiger partial charge in [0.2, 0.25) is 0 Å². The quantitative estimate of drug-likeness (QED) is 0.232. The number of thiophene rings is 1. The first-order valence-electron chi connectivity index (χ1n) is 11.3. The van der Waals surface area contributed by atoms with E-state index < -0.39 is 0 Å². The molecule has 0 aliphatic rings. The van der Waals surface area contributed by atoms with Crippen LogP contribution < -0.4 is 5.73 Å². The molecule has 0 saturated heterocycles. The smallest absolute Gasteiger partial charge is 0.257 e. The lowest BCUT2D eigenvalue weighted by atomic mass is 9.98. The van der Waals surface area contributed by atoms with E-state index in [9.17, 15) is 0 Å². The Morgan fingerprint density at radius 3 is 2.58 bits per heavy atom.